The van der Waals surface area contributed by atoms with Crippen LogP contribution in [0.5, 0.6) is 0 Å². The third-order valence-corrected chi connectivity index (χ3v) is 0.134. The lowest BCUT2D eigenvalue weighted by molar-refractivity contribution is -0.235. The summed E-state index contributed by atoms with van der Waals surface area (Å²) in [6, 6.07) is 0. The molecule has 0 atom stereocenters. The molecule has 0 aliphatic heterocycles. The molecule has 0 aromatic heterocycles. The Morgan fingerprint density at radius 1 is 1.00 bits per heavy atom. The molecule has 0 spiro atoms. The van der Waals surface area contributed by atoms with E-state index in [2.05, 4.69) is 9.78 Å². The number of carbonyl (C=O) groups excluding carboxylic acids is 2. The molecule has 0 saturated heterocycles. The molecule has 0 heterocycles. The van der Waals surface area contributed by atoms with Crippen LogP contribution in [0.1, 0.15) is 0 Å². The van der Waals surface area contributed by atoms with Gasteiger partial charge in [0.25, 0.3) is 0 Å². The molecule has 0 aliphatic rings. The van der Waals surface area contributed by atoms with Gasteiger partial charge in [0.15, 0.2) is 0 Å². The normalized spacial score (nSPS) is 6.00. The molecule has 0 bridgehead atoms. The summed E-state index contributed by atoms with van der Waals surface area (Å²) < 4.78 is 0. The zero-order chi connectivity index (χ0) is 4.83. The van der Waals surface area contributed by atoms with Crippen molar-refractivity contribution in [2.75, 3.05) is 0 Å². The Hall–Kier alpha value is -1.06. The van der Waals surface area contributed by atoms with Crippen molar-refractivity contribution in [3.05, 3.63) is 0 Å². The molecular weight excluding hydrogens is 88.0 g/mol. The summed E-state index contributed by atoms with van der Waals surface area (Å²) in [5.41, 5.74) is 0. The highest BCUT2D eigenvalue weighted by Gasteiger charge is 1.68. The van der Waals surface area contributed by atoms with Crippen molar-refractivity contribution in [1.29, 1.82) is 0 Å². The lowest BCUT2D eigenvalue weighted by atomic mass is 11.6. The first-order valence-electron chi connectivity index (χ1n) is 1.11. The molecule has 0 N–H and O–H groups in total. The van der Waals surface area contributed by atoms with E-state index in [4.69, 9.17) is 9.59 Å². The van der Waals surface area contributed by atoms with Crippen LogP contribution < -0.4 is 0 Å². The number of rotatable bonds is 3. The zero-order valence-corrected chi connectivity index (χ0v) is 2.79. The Bertz CT molecular complexity index is 41.5. The van der Waals surface area contributed by atoms with Gasteiger partial charge in [0.05, 0.1) is 0 Å². The molecule has 0 amide bonds. The van der Waals surface area contributed by atoms with E-state index in [1.54, 1.807) is 0 Å². The second kappa shape index (κ2) is 3.94. The van der Waals surface area contributed by atoms with Gasteiger partial charge >= 0.3 is 12.9 Å². The minimum Gasteiger partial charge on any atom is -0.251 e. The second-order valence-corrected chi connectivity index (χ2v) is 0.385. The molecule has 0 rings (SSSR count). The number of hydrogen-bond donors (Lipinski definition) is 0. The zero-order valence-electron chi connectivity index (χ0n) is 2.79. The van der Waals surface area contributed by atoms with E-state index in [-0.39, 0.29) is 12.9 Å². The summed E-state index contributed by atoms with van der Waals surface area (Å²) >= 11 is 0. The molecule has 0 saturated carbocycles. The summed E-state index contributed by atoms with van der Waals surface area (Å²) in [6.45, 7) is 0.0167. The van der Waals surface area contributed by atoms with Gasteiger partial charge in [-0.25, -0.2) is 0 Å². The van der Waals surface area contributed by atoms with Crippen LogP contribution in [0, 0.1) is 0 Å². The third-order valence-electron chi connectivity index (χ3n) is 0.134. The molecule has 0 aromatic carbocycles. The number of carbonyl (C=O) groups is 2. The highest BCUT2D eigenvalue weighted by atomic mass is 17.2. The van der Waals surface area contributed by atoms with Crippen LogP contribution in [-0.4, -0.2) is 12.9 Å². The molecule has 6 heavy (non-hydrogen) atoms. The molecule has 4 heteroatoms. The topological polar surface area (TPSA) is 52.6 Å². The highest BCUT2D eigenvalue weighted by molar-refractivity contribution is 5.40. The van der Waals surface area contributed by atoms with Crippen LogP contribution >= 0.6 is 0 Å². The SMILES string of the molecule is O=COOC=O. The van der Waals surface area contributed by atoms with Gasteiger partial charge in [-0.3, -0.25) is 19.4 Å². The Labute approximate surface area is 33.6 Å². The van der Waals surface area contributed by atoms with Gasteiger partial charge in [-0.2, -0.15) is 0 Å². The molecule has 0 aliphatic carbocycles. The van der Waals surface area contributed by atoms with Crippen molar-refractivity contribution in [3.8, 4) is 0 Å². The minimum atomic E-state index is 0.00833. The first-order chi connectivity index (χ1) is 2.91. The molecule has 4 nitrogen and oxygen atoms in total. The highest BCUT2D eigenvalue weighted by Crippen LogP contribution is 1.57. The van der Waals surface area contributed by atoms with Crippen LogP contribution in [0.15, 0.2) is 0 Å². The van der Waals surface area contributed by atoms with Crippen molar-refractivity contribution in [2.45, 2.75) is 0 Å². The summed E-state index contributed by atoms with van der Waals surface area (Å²) in [5.74, 6) is 0. The van der Waals surface area contributed by atoms with E-state index in [1.807, 2.05) is 0 Å². The molecule has 0 fully saturated rings. The predicted octanol–water partition coefficient (Wildman–Crippen LogP) is -0.753. The summed E-state index contributed by atoms with van der Waals surface area (Å²) in [5, 5.41) is 0. The summed E-state index contributed by atoms with van der Waals surface area (Å²) in [6.07, 6.45) is 0. The monoisotopic (exact) mass is 90.0 g/mol. The maximum atomic E-state index is 9.06. The van der Waals surface area contributed by atoms with Gasteiger partial charge in [0, 0.05) is 0 Å². The van der Waals surface area contributed by atoms with Crippen LogP contribution in [0.4, 0.5) is 0 Å². The second-order valence-electron chi connectivity index (χ2n) is 0.385. The van der Waals surface area contributed by atoms with E-state index >= 15 is 0 Å². The van der Waals surface area contributed by atoms with E-state index in [0.29, 0.717) is 0 Å². The summed E-state index contributed by atoms with van der Waals surface area (Å²) in [7, 11) is 0. The van der Waals surface area contributed by atoms with Crippen molar-refractivity contribution in [2.24, 2.45) is 0 Å². The van der Waals surface area contributed by atoms with Crippen molar-refractivity contribution < 1.29 is 19.4 Å². The van der Waals surface area contributed by atoms with E-state index in [1.165, 1.54) is 0 Å². The van der Waals surface area contributed by atoms with E-state index in [9.17, 15) is 0 Å². The van der Waals surface area contributed by atoms with Gasteiger partial charge in [-0.15, -0.1) is 0 Å². The number of hydrogen-bond acceptors (Lipinski definition) is 4. The van der Waals surface area contributed by atoms with Gasteiger partial charge < -0.3 is 0 Å². The van der Waals surface area contributed by atoms with Crippen molar-refractivity contribution in [1.82, 2.24) is 0 Å². The molecule has 0 radical (unpaired) electrons. The van der Waals surface area contributed by atoms with Crippen LogP contribution in [0.25, 0.3) is 0 Å². The maximum Gasteiger partial charge on any atom is 0.344 e. The average Bonchev–Trinajstić information content (AvgIpc) is 1.61. The Morgan fingerprint density at radius 2 is 1.33 bits per heavy atom. The summed E-state index contributed by atoms with van der Waals surface area (Å²) in [4.78, 5) is 25.0. The minimum absolute atomic E-state index is 0.00833. The van der Waals surface area contributed by atoms with Crippen LogP contribution in [0.2, 0.25) is 0 Å². The van der Waals surface area contributed by atoms with E-state index < -0.39 is 0 Å². The predicted molar refractivity (Wildman–Crippen MR) is 14.3 cm³/mol. The van der Waals surface area contributed by atoms with Crippen LogP contribution in [0.3, 0.4) is 0 Å². The van der Waals surface area contributed by atoms with Gasteiger partial charge in [0.1, 0.15) is 0 Å². The van der Waals surface area contributed by atoms with E-state index in [0.717, 1.165) is 0 Å². The Morgan fingerprint density at radius 3 is 1.50 bits per heavy atom. The smallest absolute Gasteiger partial charge is 0.251 e. The maximum absolute atomic E-state index is 9.06. The fourth-order valence-electron chi connectivity index (χ4n) is 0.0454. The largest absolute Gasteiger partial charge is 0.344 e. The molecular formula is C2H2O4. The first kappa shape index (κ1) is 4.94. The lowest BCUT2D eigenvalue weighted by Gasteiger charge is -1.80. The third kappa shape index (κ3) is 2.94. The molecule has 34 valence electrons. The first-order valence-corrected chi connectivity index (χ1v) is 1.11. The van der Waals surface area contributed by atoms with Crippen molar-refractivity contribution in [3.63, 3.8) is 0 Å². The average molecular weight is 90.0 g/mol. The molecule has 0 unspecified atom stereocenters. The van der Waals surface area contributed by atoms with Crippen molar-refractivity contribution >= 4 is 12.9 Å². The van der Waals surface area contributed by atoms with Crippen LogP contribution in [-0.2, 0) is 19.4 Å². The quantitative estimate of drug-likeness (QED) is 0.198. The van der Waals surface area contributed by atoms with Gasteiger partial charge in [0.2, 0.25) is 0 Å². The fourth-order valence-corrected chi connectivity index (χ4v) is 0.0454. The lowest BCUT2D eigenvalue weighted by Crippen LogP contribution is -1.85. The van der Waals surface area contributed by atoms with Gasteiger partial charge in [-0.1, -0.05) is 0 Å². The van der Waals surface area contributed by atoms with Gasteiger partial charge in [-0.05, 0) is 0 Å². The molecule has 0 aromatic rings. The fraction of sp³-hybridized carbons (Fsp3) is 0. The Balaban J connectivity index is 2.66. The standard InChI is InChI=1S/C2H2O4/c3-1-5-6-2-4/h1-2H. The Kier molecular flexibility index (Phi) is 3.24.